The standard InChI is InChI=1S/C26H30N4O.ClH/c31-26(21-9-3-1-4-10-21)30-16-8-2-5-13-24(30)20-14-17-29(18-15-20)25-22-11-6-7-12-23(22)27-19-28-25;/h1,3-4,6-7,9-12,19-20,24H,2,5,8,13-18H2;1H. The Hall–Kier alpha value is -2.66. The number of hydrogen-bond donors (Lipinski definition) is 0. The van der Waals surface area contributed by atoms with Crippen molar-refractivity contribution >= 4 is 35.0 Å². The minimum absolute atomic E-state index is 0. The Morgan fingerprint density at radius 1 is 0.812 bits per heavy atom. The molecule has 2 aliphatic heterocycles. The Labute approximate surface area is 196 Å². The fourth-order valence-corrected chi connectivity index (χ4v) is 5.36. The maximum absolute atomic E-state index is 13.3. The van der Waals surface area contributed by atoms with Crippen LogP contribution < -0.4 is 4.90 Å². The molecule has 0 bridgehead atoms. The number of para-hydroxylation sites is 1. The van der Waals surface area contributed by atoms with Gasteiger partial charge in [0.15, 0.2) is 0 Å². The summed E-state index contributed by atoms with van der Waals surface area (Å²) in [5.41, 5.74) is 1.82. The lowest BCUT2D eigenvalue weighted by Gasteiger charge is -2.41. The SMILES string of the molecule is Cl.O=C(c1ccccc1)N1CCCCCC1C1CCN(c2ncnc3ccccc23)CC1. The topological polar surface area (TPSA) is 49.3 Å². The zero-order valence-corrected chi connectivity index (χ0v) is 19.2. The molecular weight excluding hydrogens is 420 g/mol. The van der Waals surface area contributed by atoms with Gasteiger partial charge in [-0.05, 0) is 55.9 Å². The van der Waals surface area contributed by atoms with Crippen molar-refractivity contribution in [3.63, 3.8) is 0 Å². The van der Waals surface area contributed by atoms with Crippen LogP contribution in [0.5, 0.6) is 0 Å². The number of nitrogens with zero attached hydrogens (tertiary/aromatic N) is 4. The highest BCUT2D eigenvalue weighted by Crippen LogP contribution is 2.33. The van der Waals surface area contributed by atoms with Crippen molar-refractivity contribution in [1.29, 1.82) is 0 Å². The first-order chi connectivity index (χ1) is 15.3. The van der Waals surface area contributed by atoms with Crippen molar-refractivity contribution in [2.45, 2.75) is 44.6 Å². The Morgan fingerprint density at radius 3 is 2.38 bits per heavy atom. The maximum Gasteiger partial charge on any atom is 0.254 e. The summed E-state index contributed by atoms with van der Waals surface area (Å²) in [7, 11) is 0. The molecule has 2 fully saturated rings. The molecule has 1 unspecified atom stereocenters. The third-order valence-electron chi connectivity index (χ3n) is 6.99. The number of likely N-dealkylation sites (tertiary alicyclic amines) is 1. The molecule has 0 radical (unpaired) electrons. The smallest absolute Gasteiger partial charge is 0.254 e. The molecule has 1 atom stereocenters. The summed E-state index contributed by atoms with van der Waals surface area (Å²) in [5, 5.41) is 1.12. The van der Waals surface area contributed by atoms with E-state index in [2.05, 4.69) is 31.9 Å². The first kappa shape index (κ1) is 22.5. The predicted octanol–water partition coefficient (Wildman–Crippen LogP) is 5.35. The largest absolute Gasteiger partial charge is 0.356 e. The minimum Gasteiger partial charge on any atom is -0.356 e. The monoisotopic (exact) mass is 450 g/mol. The highest BCUT2D eigenvalue weighted by Gasteiger charge is 2.34. The average Bonchev–Trinajstić information content (AvgIpc) is 3.10. The Balaban J connectivity index is 0.00000245. The van der Waals surface area contributed by atoms with Crippen molar-refractivity contribution in [2.24, 2.45) is 5.92 Å². The van der Waals surface area contributed by atoms with Gasteiger partial charge in [0, 0.05) is 36.6 Å². The van der Waals surface area contributed by atoms with Gasteiger partial charge in [-0.2, -0.15) is 0 Å². The van der Waals surface area contributed by atoms with Crippen LogP contribution in [0.2, 0.25) is 0 Å². The lowest BCUT2D eigenvalue weighted by atomic mass is 9.85. The van der Waals surface area contributed by atoms with E-state index in [4.69, 9.17) is 0 Å². The van der Waals surface area contributed by atoms with Gasteiger partial charge in [-0.1, -0.05) is 43.2 Å². The normalized spacial score (nSPS) is 19.9. The first-order valence-corrected chi connectivity index (χ1v) is 11.6. The van der Waals surface area contributed by atoms with Crippen molar-refractivity contribution in [3.05, 3.63) is 66.5 Å². The molecule has 0 N–H and O–H groups in total. The van der Waals surface area contributed by atoms with Crippen molar-refractivity contribution in [1.82, 2.24) is 14.9 Å². The molecule has 3 aromatic rings. The average molecular weight is 451 g/mol. The second-order valence-electron chi connectivity index (χ2n) is 8.82. The second kappa shape index (κ2) is 10.3. The van der Waals surface area contributed by atoms with E-state index < -0.39 is 0 Å². The number of aromatic nitrogens is 2. The summed E-state index contributed by atoms with van der Waals surface area (Å²) < 4.78 is 0. The lowest BCUT2D eigenvalue weighted by Crippen LogP contribution is -2.48. The quantitative estimate of drug-likeness (QED) is 0.539. The number of hydrogen-bond acceptors (Lipinski definition) is 4. The van der Waals surface area contributed by atoms with Crippen LogP contribution in [0.4, 0.5) is 5.82 Å². The fourth-order valence-electron chi connectivity index (χ4n) is 5.36. The van der Waals surface area contributed by atoms with Gasteiger partial charge < -0.3 is 9.80 Å². The molecule has 0 saturated carbocycles. The van der Waals surface area contributed by atoms with Crippen molar-refractivity contribution in [3.8, 4) is 0 Å². The maximum atomic E-state index is 13.3. The molecule has 3 heterocycles. The third-order valence-corrected chi connectivity index (χ3v) is 6.99. The minimum atomic E-state index is 0. The van der Waals surface area contributed by atoms with Crippen molar-refractivity contribution < 1.29 is 4.79 Å². The van der Waals surface area contributed by atoms with E-state index in [-0.39, 0.29) is 18.3 Å². The number of carbonyl (C=O) groups excluding carboxylic acids is 1. The van der Waals surface area contributed by atoms with Crippen LogP contribution in [0.3, 0.4) is 0 Å². The van der Waals surface area contributed by atoms with Crippen LogP contribution in [-0.4, -0.2) is 46.5 Å². The van der Waals surface area contributed by atoms with Gasteiger partial charge in [0.1, 0.15) is 12.1 Å². The number of halogens is 1. The molecule has 0 spiro atoms. The zero-order chi connectivity index (χ0) is 21.0. The highest BCUT2D eigenvalue weighted by atomic mass is 35.5. The molecule has 5 nitrogen and oxygen atoms in total. The van der Waals surface area contributed by atoms with Crippen LogP contribution in [0.15, 0.2) is 60.9 Å². The molecule has 6 heteroatoms. The van der Waals surface area contributed by atoms with Crippen molar-refractivity contribution in [2.75, 3.05) is 24.5 Å². The lowest BCUT2D eigenvalue weighted by molar-refractivity contribution is 0.0588. The zero-order valence-electron chi connectivity index (χ0n) is 18.4. The second-order valence-corrected chi connectivity index (χ2v) is 8.82. The molecule has 1 amide bonds. The molecule has 2 aromatic carbocycles. The molecule has 0 aliphatic carbocycles. The molecule has 32 heavy (non-hydrogen) atoms. The van der Waals surface area contributed by atoms with Gasteiger partial charge in [0.2, 0.25) is 0 Å². The van der Waals surface area contributed by atoms with E-state index in [0.29, 0.717) is 12.0 Å². The molecule has 2 aliphatic rings. The van der Waals surface area contributed by atoms with Gasteiger partial charge in [-0.25, -0.2) is 9.97 Å². The molecule has 168 valence electrons. The van der Waals surface area contributed by atoms with Crippen LogP contribution >= 0.6 is 12.4 Å². The summed E-state index contributed by atoms with van der Waals surface area (Å²) in [5.74, 6) is 1.80. The number of rotatable bonds is 3. The van der Waals surface area contributed by atoms with Crippen LogP contribution in [0, 0.1) is 5.92 Å². The number of anilines is 1. The van der Waals surface area contributed by atoms with E-state index >= 15 is 0 Å². The Morgan fingerprint density at radius 2 is 1.56 bits per heavy atom. The van der Waals surface area contributed by atoms with Gasteiger partial charge in [-0.15, -0.1) is 12.4 Å². The van der Waals surface area contributed by atoms with Gasteiger partial charge >= 0.3 is 0 Å². The summed E-state index contributed by atoms with van der Waals surface area (Å²) in [6.07, 6.45) is 8.56. The number of amides is 1. The van der Waals surface area contributed by atoms with E-state index in [1.165, 1.54) is 12.8 Å². The summed E-state index contributed by atoms with van der Waals surface area (Å²) >= 11 is 0. The van der Waals surface area contributed by atoms with Gasteiger partial charge in [-0.3, -0.25) is 4.79 Å². The number of benzene rings is 2. The highest BCUT2D eigenvalue weighted by molar-refractivity contribution is 5.94. The van der Waals surface area contributed by atoms with Crippen LogP contribution in [0.25, 0.3) is 10.9 Å². The van der Waals surface area contributed by atoms with Crippen LogP contribution in [0.1, 0.15) is 48.9 Å². The summed E-state index contributed by atoms with van der Waals surface area (Å²) in [4.78, 5) is 27.0. The van der Waals surface area contributed by atoms with E-state index in [1.54, 1.807) is 6.33 Å². The number of carbonyl (C=O) groups is 1. The van der Waals surface area contributed by atoms with Crippen LogP contribution in [-0.2, 0) is 0 Å². The fraction of sp³-hybridized carbons (Fsp3) is 0.423. The Kier molecular flexibility index (Phi) is 7.26. The number of piperidine rings is 1. The van der Waals surface area contributed by atoms with E-state index in [9.17, 15) is 4.79 Å². The Bertz CT molecular complexity index is 1030. The van der Waals surface area contributed by atoms with E-state index in [1.807, 2.05) is 42.5 Å². The van der Waals surface area contributed by atoms with E-state index in [0.717, 1.165) is 67.6 Å². The summed E-state index contributed by atoms with van der Waals surface area (Å²) in [6, 6.07) is 18.4. The molecule has 1 aromatic heterocycles. The van der Waals surface area contributed by atoms with Gasteiger partial charge in [0.25, 0.3) is 5.91 Å². The van der Waals surface area contributed by atoms with Gasteiger partial charge in [0.05, 0.1) is 5.52 Å². The molecule has 2 saturated heterocycles. The number of fused-ring (bicyclic) bond motifs is 1. The molecule has 5 rings (SSSR count). The summed E-state index contributed by atoms with van der Waals surface area (Å²) in [6.45, 7) is 2.85. The predicted molar refractivity (Wildman–Crippen MR) is 131 cm³/mol. The third kappa shape index (κ3) is 4.58. The first-order valence-electron chi connectivity index (χ1n) is 11.6. The molecular formula is C26H31ClN4O.